The number of benzene rings is 1. The van der Waals surface area contributed by atoms with Crippen LogP contribution < -0.4 is 5.32 Å². The summed E-state index contributed by atoms with van der Waals surface area (Å²) in [6.45, 7) is 5.29. The van der Waals surface area contributed by atoms with Crippen LogP contribution in [0.1, 0.15) is 11.3 Å². The van der Waals surface area contributed by atoms with Crippen molar-refractivity contribution in [1.82, 2.24) is 15.2 Å². The van der Waals surface area contributed by atoms with Crippen LogP contribution in [0.5, 0.6) is 0 Å². The largest absolute Gasteiger partial charge is 0.314 e. The lowest BCUT2D eigenvalue weighted by Gasteiger charge is -2.35. The summed E-state index contributed by atoms with van der Waals surface area (Å²) in [5, 5.41) is 4.60. The summed E-state index contributed by atoms with van der Waals surface area (Å²) in [6, 6.07) is 11.3. The second-order valence-electron chi connectivity index (χ2n) is 5.17. The number of fused-ring (bicyclic) bond motifs is 1. The zero-order valence-electron chi connectivity index (χ0n) is 11.8. The van der Waals surface area contributed by atoms with Crippen molar-refractivity contribution in [2.24, 2.45) is 0 Å². The molecule has 0 atom stereocenters. The smallest absolute Gasteiger partial charge is 0.0708 e. The average molecular weight is 314 g/mol. The molecule has 0 aliphatic carbocycles. The maximum Gasteiger partial charge on any atom is 0.0708 e. The summed E-state index contributed by atoms with van der Waals surface area (Å²) in [7, 11) is 2.20. The lowest BCUT2D eigenvalue weighted by atomic mass is 10.1. The van der Waals surface area contributed by atoms with Gasteiger partial charge in [-0.1, -0.05) is 18.2 Å². The first-order valence-electron chi connectivity index (χ1n) is 6.50. The molecule has 0 unspecified atom stereocenters. The number of hydrogen-bond donors (Lipinski definition) is 1. The highest BCUT2D eigenvalue weighted by Crippen LogP contribution is 2.20. The summed E-state index contributed by atoms with van der Waals surface area (Å²) in [5.41, 5.74) is 3.59. The van der Waals surface area contributed by atoms with Crippen molar-refractivity contribution in [3.05, 3.63) is 41.6 Å². The molecular formula is C15H21Cl2N3. The first kappa shape index (κ1) is 17.2. The zero-order valence-corrected chi connectivity index (χ0v) is 13.4. The normalized spacial score (nSPS) is 14.6. The van der Waals surface area contributed by atoms with Crippen molar-refractivity contribution >= 4 is 35.7 Å². The minimum Gasteiger partial charge on any atom is -0.314 e. The zero-order chi connectivity index (χ0) is 12.5. The molecule has 1 N–H and O–H groups in total. The molecule has 1 saturated heterocycles. The van der Waals surface area contributed by atoms with Crippen molar-refractivity contribution in [1.29, 1.82) is 0 Å². The molecule has 1 aromatic carbocycles. The molecule has 5 heteroatoms. The Morgan fingerprint density at radius 2 is 1.95 bits per heavy atom. The fourth-order valence-corrected chi connectivity index (χ4v) is 2.51. The molecule has 1 fully saturated rings. The van der Waals surface area contributed by atoms with Crippen molar-refractivity contribution in [2.75, 3.05) is 20.1 Å². The Kier molecular flexibility index (Phi) is 6.21. The van der Waals surface area contributed by atoms with E-state index in [0.29, 0.717) is 6.04 Å². The van der Waals surface area contributed by atoms with Crippen molar-refractivity contribution in [2.45, 2.75) is 19.5 Å². The highest BCUT2D eigenvalue weighted by atomic mass is 35.5. The summed E-state index contributed by atoms with van der Waals surface area (Å²) >= 11 is 0. The monoisotopic (exact) mass is 313 g/mol. The molecule has 3 nitrogen and oxygen atoms in total. The van der Waals surface area contributed by atoms with Gasteiger partial charge in [0.15, 0.2) is 0 Å². The SMILES string of the molecule is Cc1cc(CN(C)C2CNC2)c2ccccc2n1.Cl.Cl. The van der Waals surface area contributed by atoms with E-state index in [1.807, 2.05) is 0 Å². The molecule has 0 amide bonds. The van der Waals surface area contributed by atoms with Crippen molar-refractivity contribution in [3.8, 4) is 0 Å². The van der Waals surface area contributed by atoms with Crippen LogP contribution in [0.2, 0.25) is 0 Å². The number of hydrogen-bond acceptors (Lipinski definition) is 3. The minimum atomic E-state index is 0. The van der Waals surface area contributed by atoms with E-state index in [0.717, 1.165) is 30.8 Å². The number of halogens is 2. The predicted octanol–water partition coefficient (Wildman–Crippen LogP) is 2.79. The highest BCUT2D eigenvalue weighted by Gasteiger charge is 2.21. The first-order valence-corrected chi connectivity index (χ1v) is 6.50. The Labute approximate surface area is 132 Å². The van der Waals surface area contributed by atoms with Gasteiger partial charge in [-0.15, -0.1) is 24.8 Å². The van der Waals surface area contributed by atoms with Crippen LogP contribution in [0.15, 0.2) is 30.3 Å². The van der Waals surface area contributed by atoms with Crippen LogP contribution in [-0.2, 0) is 6.54 Å². The molecule has 1 aliphatic rings. The molecule has 0 radical (unpaired) electrons. The van der Waals surface area contributed by atoms with E-state index in [-0.39, 0.29) is 24.8 Å². The van der Waals surface area contributed by atoms with Gasteiger partial charge in [0.05, 0.1) is 5.52 Å². The number of aromatic nitrogens is 1. The van der Waals surface area contributed by atoms with E-state index in [1.54, 1.807) is 0 Å². The minimum absolute atomic E-state index is 0. The number of likely N-dealkylation sites (N-methyl/N-ethyl adjacent to an activating group) is 1. The quantitative estimate of drug-likeness (QED) is 0.944. The Bertz CT molecular complexity index is 570. The number of nitrogens with zero attached hydrogens (tertiary/aromatic N) is 2. The third-order valence-corrected chi connectivity index (χ3v) is 3.73. The number of aryl methyl sites for hydroxylation is 1. The van der Waals surface area contributed by atoms with Crippen LogP contribution in [-0.4, -0.2) is 36.1 Å². The van der Waals surface area contributed by atoms with E-state index in [9.17, 15) is 0 Å². The van der Waals surface area contributed by atoms with Gasteiger partial charge in [-0.3, -0.25) is 9.88 Å². The van der Waals surface area contributed by atoms with Gasteiger partial charge in [-0.25, -0.2) is 0 Å². The topological polar surface area (TPSA) is 28.2 Å². The van der Waals surface area contributed by atoms with Gasteiger partial charge < -0.3 is 5.32 Å². The molecule has 3 rings (SSSR count). The maximum atomic E-state index is 4.59. The molecule has 20 heavy (non-hydrogen) atoms. The molecule has 2 heterocycles. The summed E-state index contributed by atoms with van der Waals surface area (Å²) < 4.78 is 0. The first-order chi connectivity index (χ1) is 8.74. The van der Waals surface area contributed by atoms with Crippen LogP contribution >= 0.6 is 24.8 Å². The third kappa shape index (κ3) is 3.41. The molecule has 2 aromatic rings. The Morgan fingerprint density at radius 1 is 1.25 bits per heavy atom. The van der Waals surface area contributed by atoms with Gasteiger partial charge in [-0.2, -0.15) is 0 Å². The number of para-hydroxylation sites is 1. The van der Waals surface area contributed by atoms with E-state index in [2.05, 4.69) is 59.5 Å². The molecule has 110 valence electrons. The maximum absolute atomic E-state index is 4.59. The Morgan fingerprint density at radius 3 is 2.60 bits per heavy atom. The van der Waals surface area contributed by atoms with Gasteiger partial charge in [0.1, 0.15) is 0 Å². The van der Waals surface area contributed by atoms with Gasteiger partial charge in [0.2, 0.25) is 0 Å². The highest BCUT2D eigenvalue weighted by molar-refractivity contribution is 5.85. The molecule has 0 saturated carbocycles. The second kappa shape index (κ2) is 7.23. The Balaban J connectivity index is 0.000001000. The van der Waals surface area contributed by atoms with Crippen molar-refractivity contribution in [3.63, 3.8) is 0 Å². The van der Waals surface area contributed by atoms with Gasteiger partial charge in [-0.05, 0) is 31.7 Å². The third-order valence-electron chi connectivity index (χ3n) is 3.73. The fourth-order valence-electron chi connectivity index (χ4n) is 2.51. The molecule has 1 aliphatic heterocycles. The predicted molar refractivity (Wildman–Crippen MR) is 89.1 cm³/mol. The van der Waals surface area contributed by atoms with Crippen LogP contribution in [0.25, 0.3) is 10.9 Å². The standard InChI is InChI=1S/C15H19N3.2ClH/c1-11-7-12(10-18(2)13-8-16-9-13)14-5-3-4-6-15(14)17-11;;/h3-7,13,16H,8-10H2,1-2H3;2*1H. The van der Waals surface area contributed by atoms with Crippen LogP contribution in [0, 0.1) is 6.92 Å². The molecular weight excluding hydrogens is 293 g/mol. The van der Waals surface area contributed by atoms with Gasteiger partial charge in [0.25, 0.3) is 0 Å². The van der Waals surface area contributed by atoms with Gasteiger partial charge in [0, 0.05) is 36.8 Å². The van der Waals surface area contributed by atoms with E-state index in [1.165, 1.54) is 10.9 Å². The molecule has 0 bridgehead atoms. The van der Waals surface area contributed by atoms with Gasteiger partial charge >= 0.3 is 0 Å². The van der Waals surface area contributed by atoms with Crippen LogP contribution in [0.3, 0.4) is 0 Å². The summed E-state index contributed by atoms with van der Waals surface area (Å²) in [5.74, 6) is 0. The second-order valence-corrected chi connectivity index (χ2v) is 5.17. The molecule has 1 aromatic heterocycles. The number of nitrogens with one attached hydrogen (secondary N) is 1. The Hall–Kier alpha value is -0.870. The van der Waals surface area contributed by atoms with E-state index < -0.39 is 0 Å². The van der Waals surface area contributed by atoms with E-state index >= 15 is 0 Å². The van der Waals surface area contributed by atoms with Crippen LogP contribution in [0.4, 0.5) is 0 Å². The number of pyridine rings is 1. The van der Waals surface area contributed by atoms with Crippen molar-refractivity contribution < 1.29 is 0 Å². The summed E-state index contributed by atoms with van der Waals surface area (Å²) in [4.78, 5) is 7.02. The lowest BCUT2D eigenvalue weighted by molar-refractivity contribution is 0.173. The molecule has 0 spiro atoms. The number of rotatable bonds is 3. The lowest BCUT2D eigenvalue weighted by Crippen LogP contribution is -2.55. The average Bonchev–Trinajstić information content (AvgIpc) is 2.26. The van der Waals surface area contributed by atoms with E-state index in [4.69, 9.17) is 0 Å². The summed E-state index contributed by atoms with van der Waals surface area (Å²) in [6.07, 6.45) is 0. The fraction of sp³-hybridized carbons (Fsp3) is 0.400.